The van der Waals surface area contributed by atoms with Crippen molar-refractivity contribution in [1.29, 1.82) is 0 Å². The Morgan fingerprint density at radius 3 is 2.67 bits per heavy atom. The minimum Gasteiger partial charge on any atom is -0.374 e. The topological polar surface area (TPSA) is 68.1 Å². The summed E-state index contributed by atoms with van der Waals surface area (Å²) in [5.41, 5.74) is 0.166. The van der Waals surface area contributed by atoms with E-state index in [1.165, 1.54) is 11.3 Å². The summed E-state index contributed by atoms with van der Waals surface area (Å²) in [6, 6.07) is 1.32. The predicted octanol–water partition coefficient (Wildman–Crippen LogP) is 4.34. The van der Waals surface area contributed by atoms with Gasteiger partial charge in [-0.1, -0.05) is 11.6 Å². The first-order valence-electron chi connectivity index (χ1n) is 5.45. The summed E-state index contributed by atoms with van der Waals surface area (Å²) in [5.74, 6) is 0. The molecule has 0 fully saturated rings. The van der Waals surface area contributed by atoms with Gasteiger partial charge in [-0.05, 0) is 6.07 Å². The van der Waals surface area contributed by atoms with Crippen molar-refractivity contribution in [2.75, 3.05) is 5.32 Å². The number of rotatable bonds is 4. The van der Waals surface area contributed by atoms with E-state index in [9.17, 15) is 23.3 Å². The van der Waals surface area contributed by atoms with Gasteiger partial charge >= 0.3 is 6.18 Å². The van der Waals surface area contributed by atoms with E-state index < -0.39 is 27.4 Å². The minimum atomic E-state index is -4.75. The molecule has 0 bridgehead atoms. The molecule has 0 spiro atoms. The molecule has 2 rings (SSSR count). The Balaban J connectivity index is 2.36. The zero-order chi connectivity index (χ0) is 15.6. The first-order chi connectivity index (χ1) is 9.79. The standard InChI is InChI=1S/C11H7ClF3N3O2S/c12-8-2-9(16-3-6-4-21-5-17-6)10(18(19)20)1-7(8)11(13,14)15/h1-2,4-5,16H,3H2. The lowest BCUT2D eigenvalue weighted by Crippen LogP contribution is -2.09. The predicted molar refractivity (Wildman–Crippen MR) is 72.5 cm³/mol. The number of anilines is 1. The lowest BCUT2D eigenvalue weighted by molar-refractivity contribution is -0.384. The molecule has 0 radical (unpaired) electrons. The summed E-state index contributed by atoms with van der Waals surface area (Å²) >= 11 is 6.89. The third-order valence-electron chi connectivity index (χ3n) is 2.53. The number of aromatic nitrogens is 1. The van der Waals surface area contributed by atoms with E-state index in [1.54, 1.807) is 10.9 Å². The van der Waals surface area contributed by atoms with Crippen molar-refractivity contribution >= 4 is 34.3 Å². The molecule has 1 heterocycles. The summed E-state index contributed by atoms with van der Waals surface area (Å²) in [7, 11) is 0. The van der Waals surface area contributed by atoms with Gasteiger partial charge in [-0.3, -0.25) is 10.1 Å². The number of nitrogens with one attached hydrogen (secondary N) is 1. The Hall–Kier alpha value is -1.87. The van der Waals surface area contributed by atoms with Gasteiger partial charge in [0, 0.05) is 11.4 Å². The zero-order valence-corrected chi connectivity index (χ0v) is 11.7. The molecule has 1 aromatic heterocycles. The van der Waals surface area contributed by atoms with Crippen LogP contribution < -0.4 is 5.32 Å². The van der Waals surface area contributed by atoms with Crippen LogP contribution in [0.25, 0.3) is 0 Å². The fraction of sp³-hybridized carbons (Fsp3) is 0.182. The van der Waals surface area contributed by atoms with Crippen LogP contribution >= 0.6 is 22.9 Å². The number of hydrogen-bond acceptors (Lipinski definition) is 5. The SMILES string of the molecule is O=[N+]([O-])c1cc(C(F)(F)F)c(Cl)cc1NCc1cscn1. The maximum atomic E-state index is 12.7. The van der Waals surface area contributed by atoms with Crippen molar-refractivity contribution in [3.63, 3.8) is 0 Å². The van der Waals surface area contributed by atoms with Crippen LogP contribution in [0.5, 0.6) is 0 Å². The maximum absolute atomic E-state index is 12.7. The van der Waals surface area contributed by atoms with Crippen LogP contribution in [0.4, 0.5) is 24.5 Å². The Bertz CT molecular complexity index is 661. The highest BCUT2D eigenvalue weighted by Gasteiger charge is 2.36. The van der Waals surface area contributed by atoms with Crippen LogP contribution in [0.1, 0.15) is 11.3 Å². The Morgan fingerprint density at radius 1 is 1.43 bits per heavy atom. The van der Waals surface area contributed by atoms with Crippen molar-refractivity contribution in [2.45, 2.75) is 12.7 Å². The molecule has 0 aliphatic rings. The molecule has 0 unspecified atom stereocenters. The summed E-state index contributed by atoms with van der Waals surface area (Å²) in [4.78, 5) is 14.0. The molecule has 2 aromatic rings. The normalized spacial score (nSPS) is 11.4. The van der Waals surface area contributed by atoms with E-state index in [1.807, 2.05) is 0 Å². The number of halogens is 4. The molecule has 10 heteroatoms. The Morgan fingerprint density at radius 2 is 2.14 bits per heavy atom. The number of nitro groups is 1. The van der Waals surface area contributed by atoms with Crippen LogP contribution in [0.15, 0.2) is 23.0 Å². The van der Waals surface area contributed by atoms with Crippen molar-refractivity contribution in [1.82, 2.24) is 4.98 Å². The molecule has 0 atom stereocenters. The highest BCUT2D eigenvalue weighted by molar-refractivity contribution is 7.07. The average Bonchev–Trinajstić information content (AvgIpc) is 2.87. The fourth-order valence-electron chi connectivity index (χ4n) is 1.58. The highest BCUT2D eigenvalue weighted by Crippen LogP contribution is 2.40. The second kappa shape index (κ2) is 5.86. The Labute approximate surface area is 125 Å². The second-order valence-corrected chi connectivity index (χ2v) is 5.06. The second-order valence-electron chi connectivity index (χ2n) is 3.94. The molecule has 0 saturated heterocycles. The van der Waals surface area contributed by atoms with Crippen LogP contribution in [0.3, 0.4) is 0 Å². The van der Waals surface area contributed by atoms with Gasteiger partial charge < -0.3 is 5.32 Å². The van der Waals surface area contributed by atoms with Crippen LogP contribution in [0, 0.1) is 10.1 Å². The molecule has 21 heavy (non-hydrogen) atoms. The van der Waals surface area contributed by atoms with E-state index in [-0.39, 0.29) is 12.2 Å². The molecular weight excluding hydrogens is 331 g/mol. The van der Waals surface area contributed by atoms with E-state index in [2.05, 4.69) is 10.3 Å². The van der Waals surface area contributed by atoms with Crippen molar-refractivity contribution in [3.8, 4) is 0 Å². The van der Waals surface area contributed by atoms with Gasteiger partial charge in [0.15, 0.2) is 0 Å². The summed E-state index contributed by atoms with van der Waals surface area (Å²) < 4.78 is 38.1. The summed E-state index contributed by atoms with van der Waals surface area (Å²) in [6.45, 7) is 0.145. The van der Waals surface area contributed by atoms with Gasteiger partial charge in [-0.2, -0.15) is 13.2 Å². The smallest absolute Gasteiger partial charge is 0.374 e. The van der Waals surface area contributed by atoms with Crippen molar-refractivity contribution < 1.29 is 18.1 Å². The first kappa shape index (κ1) is 15.5. The molecular formula is C11H7ClF3N3O2S. The largest absolute Gasteiger partial charge is 0.418 e. The summed E-state index contributed by atoms with van der Waals surface area (Å²) in [6.07, 6.45) is -4.75. The molecule has 0 amide bonds. The van der Waals surface area contributed by atoms with Crippen LogP contribution in [-0.4, -0.2) is 9.91 Å². The lowest BCUT2D eigenvalue weighted by atomic mass is 10.1. The Kier molecular flexibility index (Phi) is 4.33. The molecule has 5 nitrogen and oxygen atoms in total. The third-order valence-corrected chi connectivity index (χ3v) is 3.48. The fourth-order valence-corrected chi connectivity index (χ4v) is 2.41. The molecule has 1 aromatic carbocycles. The first-order valence-corrected chi connectivity index (χ1v) is 6.77. The van der Waals surface area contributed by atoms with Gasteiger partial charge in [0.25, 0.3) is 5.69 Å². The van der Waals surface area contributed by atoms with Gasteiger partial charge in [0.05, 0.1) is 33.3 Å². The minimum absolute atomic E-state index is 0.0917. The number of hydrogen-bond donors (Lipinski definition) is 1. The van der Waals surface area contributed by atoms with Gasteiger partial charge in [-0.15, -0.1) is 11.3 Å². The number of benzene rings is 1. The van der Waals surface area contributed by atoms with Gasteiger partial charge in [-0.25, -0.2) is 4.98 Å². The zero-order valence-electron chi connectivity index (χ0n) is 10.1. The quantitative estimate of drug-likeness (QED) is 0.665. The third kappa shape index (κ3) is 3.61. The van der Waals surface area contributed by atoms with Crippen LogP contribution in [0.2, 0.25) is 5.02 Å². The van der Waals surface area contributed by atoms with Crippen molar-refractivity contribution in [3.05, 3.63) is 49.4 Å². The van der Waals surface area contributed by atoms with E-state index in [0.717, 1.165) is 6.07 Å². The van der Waals surface area contributed by atoms with E-state index in [4.69, 9.17) is 11.6 Å². The van der Waals surface area contributed by atoms with E-state index in [0.29, 0.717) is 11.8 Å². The lowest BCUT2D eigenvalue weighted by Gasteiger charge is -2.12. The average molecular weight is 338 g/mol. The van der Waals surface area contributed by atoms with Crippen molar-refractivity contribution in [2.24, 2.45) is 0 Å². The van der Waals surface area contributed by atoms with Gasteiger partial charge in [0.1, 0.15) is 5.69 Å². The number of alkyl halides is 3. The van der Waals surface area contributed by atoms with Crippen LogP contribution in [-0.2, 0) is 12.7 Å². The number of thiazole rings is 1. The number of nitro benzene ring substituents is 1. The molecule has 0 saturated carbocycles. The monoisotopic (exact) mass is 337 g/mol. The highest BCUT2D eigenvalue weighted by atomic mass is 35.5. The van der Waals surface area contributed by atoms with E-state index >= 15 is 0 Å². The molecule has 0 aliphatic heterocycles. The van der Waals surface area contributed by atoms with Gasteiger partial charge in [0.2, 0.25) is 0 Å². The maximum Gasteiger partial charge on any atom is 0.418 e. The molecule has 0 aliphatic carbocycles. The molecule has 112 valence electrons. The summed E-state index contributed by atoms with van der Waals surface area (Å²) in [5, 5.41) is 14.7. The molecule has 1 N–H and O–H groups in total. The number of nitrogens with zero attached hydrogens (tertiary/aromatic N) is 2.